The Morgan fingerprint density at radius 1 is 1.27 bits per heavy atom. The van der Waals surface area contributed by atoms with Crippen LogP contribution in [0.25, 0.3) is 6.08 Å². The summed E-state index contributed by atoms with van der Waals surface area (Å²) in [6, 6.07) is 5.46. The number of carboxylic acids is 1. The summed E-state index contributed by atoms with van der Waals surface area (Å²) < 4.78 is 10.9. The summed E-state index contributed by atoms with van der Waals surface area (Å²) in [4.78, 5) is 41.6. The molecule has 0 radical (unpaired) electrons. The Bertz CT molecular complexity index is 947. The van der Waals surface area contributed by atoms with E-state index in [-0.39, 0.29) is 11.3 Å². The van der Waals surface area contributed by atoms with Crippen molar-refractivity contribution in [2.24, 2.45) is 0 Å². The smallest absolute Gasteiger partial charge is 0.416 e. The van der Waals surface area contributed by atoms with Gasteiger partial charge in [0, 0.05) is 5.57 Å². The number of amides is 1. The van der Waals surface area contributed by atoms with Gasteiger partial charge in [0.25, 0.3) is 0 Å². The van der Waals surface area contributed by atoms with Crippen LogP contribution in [-0.2, 0) is 14.3 Å². The number of hydrogen-bond donors (Lipinski definition) is 1. The van der Waals surface area contributed by atoms with Gasteiger partial charge < -0.3 is 14.6 Å². The molecule has 1 aromatic carbocycles. The number of carboxylic acid groups (broad SMARTS) is 1. The van der Waals surface area contributed by atoms with Crippen LogP contribution in [0.1, 0.15) is 40.2 Å². The number of ether oxygens (including phenoxy) is 2. The monoisotopic (exact) mass is 432 g/mol. The number of aliphatic carboxylic acids is 1. The highest BCUT2D eigenvalue weighted by Gasteiger charge is 2.33. The lowest BCUT2D eigenvalue weighted by Gasteiger charge is -2.29. The van der Waals surface area contributed by atoms with Crippen molar-refractivity contribution in [3.8, 4) is 5.75 Å². The summed E-state index contributed by atoms with van der Waals surface area (Å²) in [5.74, 6) is -1.49. The number of rotatable bonds is 6. The predicted molar refractivity (Wildman–Crippen MR) is 114 cm³/mol. The molecule has 2 aromatic rings. The normalized spacial score (nSPS) is 12.8. The molecule has 0 fully saturated rings. The lowest BCUT2D eigenvalue weighted by molar-refractivity contribution is -0.135. The highest BCUT2D eigenvalue weighted by atomic mass is 32.1. The van der Waals surface area contributed by atoms with E-state index in [0.717, 1.165) is 0 Å². The SMILES string of the molecule is CC(=Cc1cccc(OC(=O)[C@H](C)N(C(=O)OC(C)(C)C)c2cncs2)c1)C(=O)O. The molecule has 30 heavy (non-hydrogen) atoms. The van der Waals surface area contributed by atoms with E-state index in [2.05, 4.69) is 4.98 Å². The van der Waals surface area contributed by atoms with Crippen molar-refractivity contribution in [2.75, 3.05) is 4.90 Å². The molecule has 2 rings (SSSR count). The van der Waals surface area contributed by atoms with Gasteiger partial charge in [-0.1, -0.05) is 12.1 Å². The van der Waals surface area contributed by atoms with Gasteiger partial charge in [-0.25, -0.2) is 14.4 Å². The number of aromatic nitrogens is 1. The lowest BCUT2D eigenvalue weighted by Crippen LogP contribution is -2.47. The van der Waals surface area contributed by atoms with Crippen LogP contribution >= 0.6 is 11.3 Å². The Morgan fingerprint density at radius 2 is 1.97 bits per heavy atom. The van der Waals surface area contributed by atoms with Gasteiger partial charge in [-0.05, 0) is 58.4 Å². The molecule has 1 aromatic heterocycles. The molecule has 1 amide bonds. The maximum absolute atomic E-state index is 12.8. The van der Waals surface area contributed by atoms with Crippen LogP contribution in [0.3, 0.4) is 0 Å². The number of hydrogen-bond acceptors (Lipinski definition) is 7. The number of carbonyl (C=O) groups excluding carboxylic acids is 2. The zero-order valence-corrected chi connectivity index (χ0v) is 18.2. The molecule has 0 unspecified atom stereocenters. The fraction of sp³-hybridized carbons (Fsp3) is 0.333. The van der Waals surface area contributed by atoms with Crippen molar-refractivity contribution in [3.63, 3.8) is 0 Å². The van der Waals surface area contributed by atoms with Gasteiger partial charge >= 0.3 is 18.0 Å². The van der Waals surface area contributed by atoms with Crippen LogP contribution in [0.5, 0.6) is 5.75 Å². The molecule has 0 aliphatic carbocycles. The first-order valence-electron chi connectivity index (χ1n) is 9.12. The van der Waals surface area contributed by atoms with Gasteiger partial charge in [-0.2, -0.15) is 0 Å². The summed E-state index contributed by atoms with van der Waals surface area (Å²) in [5, 5.41) is 9.45. The molecule has 1 N–H and O–H groups in total. The number of nitrogens with zero attached hydrogens (tertiary/aromatic N) is 2. The Hall–Kier alpha value is -3.20. The number of benzene rings is 1. The minimum atomic E-state index is -1.04. The number of carbonyl (C=O) groups is 3. The van der Waals surface area contributed by atoms with Gasteiger partial charge in [0.1, 0.15) is 22.4 Å². The third kappa shape index (κ3) is 6.41. The van der Waals surface area contributed by atoms with Gasteiger partial charge in [0.05, 0.1) is 11.7 Å². The molecule has 0 bridgehead atoms. The van der Waals surface area contributed by atoms with Crippen molar-refractivity contribution in [2.45, 2.75) is 46.3 Å². The van der Waals surface area contributed by atoms with E-state index < -0.39 is 29.7 Å². The number of anilines is 1. The lowest BCUT2D eigenvalue weighted by atomic mass is 10.1. The molecule has 0 saturated carbocycles. The van der Waals surface area contributed by atoms with Crippen molar-refractivity contribution < 1.29 is 29.0 Å². The molecule has 0 aliphatic heterocycles. The highest BCUT2D eigenvalue weighted by molar-refractivity contribution is 7.14. The van der Waals surface area contributed by atoms with Crippen molar-refractivity contribution in [1.29, 1.82) is 0 Å². The second-order valence-corrected chi connectivity index (χ2v) is 8.36. The average molecular weight is 432 g/mol. The molecular formula is C21H24N2O6S. The van der Waals surface area contributed by atoms with Gasteiger partial charge in [-0.3, -0.25) is 9.88 Å². The first-order valence-corrected chi connectivity index (χ1v) is 10.00. The van der Waals surface area contributed by atoms with E-state index >= 15 is 0 Å². The zero-order valence-electron chi connectivity index (χ0n) is 17.4. The van der Waals surface area contributed by atoms with Crippen molar-refractivity contribution in [3.05, 3.63) is 47.1 Å². The minimum Gasteiger partial charge on any atom is -0.478 e. The predicted octanol–water partition coefficient (Wildman–Crippen LogP) is 4.37. The Kier molecular flexibility index (Phi) is 7.33. The Labute approximate surface area is 178 Å². The maximum Gasteiger partial charge on any atom is 0.416 e. The average Bonchev–Trinajstić information content (AvgIpc) is 3.14. The van der Waals surface area contributed by atoms with Crippen LogP contribution in [0.4, 0.5) is 9.80 Å². The molecule has 0 aliphatic rings. The van der Waals surface area contributed by atoms with Crippen LogP contribution in [-0.4, -0.2) is 39.8 Å². The van der Waals surface area contributed by atoms with Crippen LogP contribution < -0.4 is 9.64 Å². The van der Waals surface area contributed by atoms with E-state index in [0.29, 0.717) is 10.6 Å². The Balaban J connectivity index is 2.23. The standard InChI is InChI=1S/C21H24N2O6S/c1-13(18(24)25)9-15-7-6-8-16(10-15)28-19(26)14(2)23(17-11-22-12-30-17)20(27)29-21(3,4)5/h6-12,14H,1-5H3,(H,24,25)/t14-/m0/s1. The Morgan fingerprint density at radius 3 is 2.53 bits per heavy atom. The van der Waals surface area contributed by atoms with Crippen molar-refractivity contribution >= 4 is 40.4 Å². The molecule has 9 heteroatoms. The van der Waals surface area contributed by atoms with Gasteiger partial charge in [0.15, 0.2) is 0 Å². The summed E-state index contributed by atoms with van der Waals surface area (Å²) in [7, 11) is 0. The largest absolute Gasteiger partial charge is 0.478 e. The molecule has 160 valence electrons. The summed E-state index contributed by atoms with van der Waals surface area (Å²) >= 11 is 1.19. The first kappa shape index (κ1) is 23.1. The topological polar surface area (TPSA) is 106 Å². The third-order valence-corrected chi connectivity index (χ3v) is 4.54. The van der Waals surface area contributed by atoms with Crippen LogP contribution in [0.2, 0.25) is 0 Å². The summed E-state index contributed by atoms with van der Waals surface area (Å²) in [6.07, 6.45) is 2.25. The zero-order chi connectivity index (χ0) is 22.5. The van der Waals surface area contributed by atoms with E-state index in [1.165, 1.54) is 42.4 Å². The highest BCUT2D eigenvalue weighted by Crippen LogP contribution is 2.26. The van der Waals surface area contributed by atoms with Crippen molar-refractivity contribution in [1.82, 2.24) is 4.98 Å². The van der Waals surface area contributed by atoms with E-state index in [9.17, 15) is 14.4 Å². The maximum atomic E-state index is 12.8. The van der Waals surface area contributed by atoms with Crippen LogP contribution in [0.15, 0.2) is 41.5 Å². The fourth-order valence-electron chi connectivity index (χ4n) is 2.36. The van der Waals surface area contributed by atoms with Gasteiger partial charge in [0.2, 0.25) is 0 Å². The fourth-order valence-corrected chi connectivity index (χ4v) is 3.06. The quantitative estimate of drug-likeness (QED) is 0.410. The number of thiazole rings is 1. The molecule has 0 spiro atoms. The molecule has 8 nitrogen and oxygen atoms in total. The number of esters is 1. The van der Waals surface area contributed by atoms with E-state index in [1.54, 1.807) is 50.5 Å². The minimum absolute atomic E-state index is 0.146. The molecule has 1 heterocycles. The first-order chi connectivity index (χ1) is 14.0. The van der Waals surface area contributed by atoms with Gasteiger partial charge in [-0.15, -0.1) is 11.3 Å². The summed E-state index contributed by atoms with van der Waals surface area (Å²) in [5.41, 5.74) is 1.52. The third-order valence-electron chi connectivity index (χ3n) is 3.77. The van der Waals surface area contributed by atoms with E-state index in [1.807, 2.05) is 0 Å². The second-order valence-electron chi connectivity index (χ2n) is 7.49. The van der Waals surface area contributed by atoms with E-state index in [4.69, 9.17) is 14.6 Å². The second kappa shape index (κ2) is 9.53. The molecule has 0 saturated heterocycles. The molecular weight excluding hydrogens is 408 g/mol. The molecule has 1 atom stereocenters. The summed E-state index contributed by atoms with van der Waals surface area (Å²) in [6.45, 7) is 8.20. The van der Waals surface area contributed by atoms with Crippen LogP contribution in [0, 0.1) is 0 Å².